The predicted octanol–water partition coefficient (Wildman–Crippen LogP) is 2.50. The number of aryl methyl sites for hydroxylation is 1. The number of hydrogen-bond acceptors (Lipinski definition) is 3. The van der Waals surface area contributed by atoms with E-state index in [1.807, 2.05) is 31.2 Å². The van der Waals surface area contributed by atoms with Gasteiger partial charge >= 0.3 is 0 Å². The Kier molecular flexibility index (Phi) is 5.48. The molecular weight excluding hydrogens is 316 g/mol. The topological polar surface area (TPSA) is 86.9 Å². The van der Waals surface area contributed by atoms with Gasteiger partial charge in [-0.25, -0.2) is 0 Å². The monoisotopic (exact) mass is 340 g/mol. The summed E-state index contributed by atoms with van der Waals surface area (Å²) in [4.78, 5) is 23.7. The van der Waals surface area contributed by atoms with Crippen LogP contribution in [-0.4, -0.2) is 22.0 Å². The highest BCUT2D eigenvalue weighted by atomic mass is 16.2. The number of anilines is 1. The second-order valence-electron chi connectivity index (χ2n) is 6.43. The summed E-state index contributed by atoms with van der Waals surface area (Å²) in [5.41, 5.74) is 5.11. The summed E-state index contributed by atoms with van der Waals surface area (Å²) in [6, 6.07) is 7.40. The van der Waals surface area contributed by atoms with Crippen molar-refractivity contribution in [3.63, 3.8) is 0 Å². The summed E-state index contributed by atoms with van der Waals surface area (Å²) in [5, 5.41) is 13.1. The number of hydrogen-bond donors (Lipinski definition) is 3. The highest BCUT2D eigenvalue weighted by molar-refractivity contribution is 5.90. The lowest BCUT2D eigenvalue weighted by Crippen LogP contribution is -2.25. The molecule has 6 heteroatoms. The van der Waals surface area contributed by atoms with Gasteiger partial charge < -0.3 is 10.6 Å². The first-order chi connectivity index (χ1) is 12.2. The number of carbonyl (C=O) groups excluding carboxylic acids is 2. The van der Waals surface area contributed by atoms with Gasteiger partial charge in [0.1, 0.15) is 0 Å². The van der Waals surface area contributed by atoms with Crippen LogP contribution in [0.5, 0.6) is 0 Å². The van der Waals surface area contributed by atoms with Gasteiger partial charge in [-0.05, 0) is 48.9 Å². The van der Waals surface area contributed by atoms with E-state index >= 15 is 0 Å². The van der Waals surface area contributed by atoms with Crippen LogP contribution >= 0.6 is 0 Å². The Balaban J connectivity index is 1.48. The summed E-state index contributed by atoms with van der Waals surface area (Å²) in [6.07, 6.45) is 4.91. The Hall–Kier alpha value is -2.63. The average molecular weight is 340 g/mol. The van der Waals surface area contributed by atoms with E-state index in [4.69, 9.17) is 0 Å². The van der Waals surface area contributed by atoms with Crippen molar-refractivity contribution in [1.82, 2.24) is 15.5 Å². The fraction of sp³-hybridized carbons (Fsp3) is 0.421. The SMILES string of the molecule is CCCC(=O)Nc1ccc(CC(=O)NCc2n[nH]c3c2CCC3)cc1. The third kappa shape index (κ3) is 4.47. The molecule has 0 fully saturated rings. The van der Waals surface area contributed by atoms with E-state index in [0.29, 0.717) is 19.4 Å². The molecule has 6 nitrogen and oxygen atoms in total. The Labute approximate surface area is 147 Å². The fourth-order valence-electron chi connectivity index (χ4n) is 3.12. The molecule has 0 unspecified atom stereocenters. The molecule has 25 heavy (non-hydrogen) atoms. The van der Waals surface area contributed by atoms with Crippen LogP contribution in [0.15, 0.2) is 24.3 Å². The van der Waals surface area contributed by atoms with Gasteiger partial charge in [0.2, 0.25) is 11.8 Å². The number of fused-ring (bicyclic) bond motifs is 1. The number of amides is 2. The molecule has 3 N–H and O–H groups in total. The van der Waals surface area contributed by atoms with Crippen molar-refractivity contribution in [3.05, 3.63) is 46.8 Å². The number of aromatic nitrogens is 2. The second-order valence-corrected chi connectivity index (χ2v) is 6.43. The number of aromatic amines is 1. The Bertz CT molecular complexity index is 749. The van der Waals surface area contributed by atoms with E-state index in [1.54, 1.807) is 0 Å². The molecule has 0 bridgehead atoms. The molecule has 0 atom stereocenters. The fourth-order valence-corrected chi connectivity index (χ4v) is 3.12. The Morgan fingerprint density at radius 1 is 1.16 bits per heavy atom. The van der Waals surface area contributed by atoms with Gasteiger partial charge in [-0.1, -0.05) is 19.1 Å². The van der Waals surface area contributed by atoms with Crippen LogP contribution in [0.2, 0.25) is 0 Å². The number of nitrogens with zero attached hydrogens (tertiary/aromatic N) is 1. The minimum atomic E-state index is -0.0301. The van der Waals surface area contributed by atoms with Crippen molar-refractivity contribution in [1.29, 1.82) is 0 Å². The van der Waals surface area contributed by atoms with Crippen LogP contribution in [0, 0.1) is 0 Å². The number of carbonyl (C=O) groups is 2. The summed E-state index contributed by atoms with van der Waals surface area (Å²) in [5.74, 6) is -0.0166. The van der Waals surface area contributed by atoms with Crippen molar-refractivity contribution in [3.8, 4) is 0 Å². The number of benzene rings is 1. The van der Waals surface area contributed by atoms with E-state index in [0.717, 1.165) is 42.6 Å². The van der Waals surface area contributed by atoms with Crippen LogP contribution in [-0.2, 0) is 35.4 Å². The quantitative estimate of drug-likeness (QED) is 0.724. The largest absolute Gasteiger partial charge is 0.350 e. The van der Waals surface area contributed by atoms with Gasteiger partial charge in [0.05, 0.1) is 18.7 Å². The highest BCUT2D eigenvalue weighted by Gasteiger charge is 2.18. The van der Waals surface area contributed by atoms with Gasteiger partial charge in [0, 0.05) is 17.8 Å². The maximum absolute atomic E-state index is 12.1. The zero-order chi connectivity index (χ0) is 17.6. The molecular formula is C19H24N4O2. The van der Waals surface area contributed by atoms with Gasteiger partial charge in [-0.2, -0.15) is 5.10 Å². The Morgan fingerprint density at radius 2 is 1.96 bits per heavy atom. The third-order valence-corrected chi connectivity index (χ3v) is 4.42. The zero-order valence-electron chi connectivity index (χ0n) is 14.5. The van der Waals surface area contributed by atoms with Gasteiger partial charge in [0.15, 0.2) is 0 Å². The number of H-pyrrole nitrogens is 1. The van der Waals surface area contributed by atoms with Crippen molar-refractivity contribution in [2.45, 2.75) is 52.0 Å². The van der Waals surface area contributed by atoms with E-state index in [-0.39, 0.29) is 11.8 Å². The molecule has 0 saturated carbocycles. The summed E-state index contributed by atoms with van der Waals surface area (Å²) in [6.45, 7) is 2.44. The molecule has 0 spiro atoms. The maximum atomic E-state index is 12.1. The standard InChI is InChI=1S/C19H24N4O2/c1-2-4-18(24)21-14-9-7-13(8-10-14)11-19(25)20-12-17-15-5-3-6-16(15)22-23-17/h7-10H,2-6,11-12H2,1H3,(H,20,25)(H,21,24)(H,22,23). The molecule has 0 saturated heterocycles. The zero-order valence-corrected chi connectivity index (χ0v) is 14.5. The molecule has 1 aromatic heterocycles. The van der Waals surface area contributed by atoms with E-state index in [9.17, 15) is 9.59 Å². The molecule has 2 amide bonds. The lowest BCUT2D eigenvalue weighted by Gasteiger charge is -2.07. The smallest absolute Gasteiger partial charge is 0.224 e. The summed E-state index contributed by atoms with van der Waals surface area (Å²) >= 11 is 0. The Morgan fingerprint density at radius 3 is 2.72 bits per heavy atom. The van der Waals surface area contributed by atoms with Crippen molar-refractivity contribution in [2.75, 3.05) is 5.32 Å². The van der Waals surface area contributed by atoms with Gasteiger partial charge in [0.25, 0.3) is 0 Å². The van der Waals surface area contributed by atoms with Crippen molar-refractivity contribution >= 4 is 17.5 Å². The number of rotatable bonds is 7. The second kappa shape index (κ2) is 7.96. The first kappa shape index (κ1) is 17.2. The van der Waals surface area contributed by atoms with Crippen molar-refractivity contribution < 1.29 is 9.59 Å². The van der Waals surface area contributed by atoms with Gasteiger partial charge in [-0.3, -0.25) is 14.7 Å². The first-order valence-corrected chi connectivity index (χ1v) is 8.86. The van der Waals surface area contributed by atoms with E-state index in [1.165, 1.54) is 11.3 Å². The lowest BCUT2D eigenvalue weighted by atomic mass is 10.1. The molecule has 1 aliphatic rings. The molecule has 2 aromatic rings. The lowest BCUT2D eigenvalue weighted by molar-refractivity contribution is -0.120. The van der Waals surface area contributed by atoms with Crippen LogP contribution in [0.1, 0.15) is 48.7 Å². The number of nitrogens with one attached hydrogen (secondary N) is 3. The van der Waals surface area contributed by atoms with Gasteiger partial charge in [-0.15, -0.1) is 0 Å². The van der Waals surface area contributed by atoms with Crippen LogP contribution in [0.4, 0.5) is 5.69 Å². The highest BCUT2D eigenvalue weighted by Crippen LogP contribution is 2.22. The van der Waals surface area contributed by atoms with Crippen molar-refractivity contribution in [2.24, 2.45) is 0 Å². The minimum absolute atomic E-state index is 0.0135. The third-order valence-electron chi connectivity index (χ3n) is 4.42. The predicted molar refractivity (Wildman–Crippen MR) is 96.1 cm³/mol. The van der Waals surface area contributed by atoms with Crippen LogP contribution in [0.3, 0.4) is 0 Å². The van der Waals surface area contributed by atoms with E-state index in [2.05, 4.69) is 20.8 Å². The first-order valence-electron chi connectivity index (χ1n) is 8.86. The average Bonchev–Trinajstić information content (AvgIpc) is 3.19. The molecule has 1 aliphatic carbocycles. The summed E-state index contributed by atoms with van der Waals surface area (Å²) < 4.78 is 0. The molecule has 0 aliphatic heterocycles. The molecule has 3 rings (SSSR count). The van der Waals surface area contributed by atoms with Crippen LogP contribution in [0.25, 0.3) is 0 Å². The molecule has 1 heterocycles. The molecule has 0 radical (unpaired) electrons. The molecule has 1 aromatic carbocycles. The maximum Gasteiger partial charge on any atom is 0.224 e. The minimum Gasteiger partial charge on any atom is -0.350 e. The van der Waals surface area contributed by atoms with Crippen LogP contribution < -0.4 is 10.6 Å². The molecule has 132 valence electrons. The van der Waals surface area contributed by atoms with E-state index < -0.39 is 0 Å². The normalized spacial score (nSPS) is 12.7. The summed E-state index contributed by atoms with van der Waals surface area (Å²) in [7, 11) is 0.